The summed E-state index contributed by atoms with van der Waals surface area (Å²) in [5.74, 6) is 1.34. The van der Waals surface area contributed by atoms with Crippen molar-refractivity contribution in [2.45, 2.75) is 46.3 Å². The lowest BCUT2D eigenvalue weighted by molar-refractivity contribution is 0.0963. The Hall–Kier alpha value is -2.08. The van der Waals surface area contributed by atoms with Crippen molar-refractivity contribution in [1.29, 1.82) is 0 Å². The Balaban J connectivity index is 2.04. The minimum atomic E-state index is -0.0746. The monoisotopic (exact) mass is 359 g/mol. The molecule has 1 aliphatic rings. The molecule has 1 aliphatic heterocycles. The molecule has 0 aliphatic carbocycles. The van der Waals surface area contributed by atoms with Crippen LogP contribution in [0.1, 0.15) is 43.6 Å². The van der Waals surface area contributed by atoms with Crippen LogP contribution in [-0.2, 0) is 6.54 Å². The third-order valence-corrected chi connectivity index (χ3v) is 4.87. The smallest absolute Gasteiger partial charge is 0.251 e. The molecule has 144 valence electrons. The number of rotatable bonds is 6. The molecule has 0 spiro atoms. The number of benzene rings is 1. The molecular weight excluding hydrogens is 326 g/mol. The standard InChI is InChI=1S/C20H33N5O/c1-6-22-20(24-18-13-25(14(2)3)12-15(18)4)23-11-16-8-7-9-17(10-16)19(26)21-5/h7-10,14-15,18H,6,11-13H2,1-5H3,(H,21,26)(H2,22,23,24). The van der Waals surface area contributed by atoms with Crippen LogP contribution in [0.4, 0.5) is 0 Å². The van der Waals surface area contributed by atoms with Gasteiger partial charge in [-0.25, -0.2) is 4.99 Å². The number of guanidine groups is 1. The summed E-state index contributed by atoms with van der Waals surface area (Å²) >= 11 is 0. The van der Waals surface area contributed by atoms with Gasteiger partial charge in [0, 0.05) is 44.3 Å². The predicted octanol–water partition coefficient (Wildman–Crippen LogP) is 1.83. The van der Waals surface area contributed by atoms with E-state index >= 15 is 0 Å². The maximum Gasteiger partial charge on any atom is 0.251 e. The molecule has 3 N–H and O–H groups in total. The van der Waals surface area contributed by atoms with Gasteiger partial charge in [-0.05, 0) is 44.4 Å². The lowest BCUT2D eigenvalue weighted by Gasteiger charge is -2.22. The number of hydrogen-bond donors (Lipinski definition) is 3. The normalized spacial score (nSPS) is 21.1. The SMILES string of the molecule is CCNC(=NCc1cccc(C(=O)NC)c1)NC1CN(C(C)C)CC1C. The fourth-order valence-electron chi connectivity index (χ4n) is 3.24. The molecule has 1 heterocycles. The van der Waals surface area contributed by atoms with Gasteiger partial charge in [0.2, 0.25) is 0 Å². The van der Waals surface area contributed by atoms with Crippen LogP contribution >= 0.6 is 0 Å². The highest BCUT2D eigenvalue weighted by Gasteiger charge is 2.31. The van der Waals surface area contributed by atoms with E-state index in [9.17, 15) is 4.79 Å². The van der Waals surface area contributed by atoms with Gasteiger partial charge in [-0.1, -0.05) is 19.1 Å². The van der Waals surface area contributed by atoms with Gasteiger partial charge in [-0.2, -0.15) is 0 Å². The predicted molar refractivity (Wildman–Crippen MR) is 107 cm³/mol. The van der Waals surface area contributed by atoms with Crippen molar-refractivity contribution in [3.05, 3.63) is 35.4 Å². The molecule has 26 heavy (non-hydrogen) atoms. The van der Waals surface area contributed by atoms with Crippen molar-refractivity contribution in [2.75, 3.05) is 26.7 Å². The second kappa shape index (κ2) is 9.57. The van der Waals surface area contributed by atoms with E-state index in [0.29, 0.717) is 30.1 Å². The Morgan fingerprint density at radius 2 is 2.12 bits per heavy atom. The summed E-state index contributed by atoms with van der Waals surface area (Å²) in [5.41, 5.74) is 1.68. The first-order valence-electron chi connectivity index (χ1n) is 9.54. The molecule has 0 bridgehead atoms. The number of carbonyl (C=O) groups is 1. The maximum atomic E-state index is 11.8. The molecule has 0 saturated carbocycles. The second-order valence-corrected chi connectivity index (χ2v) is 7.25. The molecule has 0 aromatic heterocycles. The van der Waals surface area contributed by atoms with Crippen LogP contribution in [0.25, 0.3) is 0 Å². The molecule has 2 atom stereocenters. The van der Waals surface area contributed by atoms with Crippen LogP contribution in [0.15, 0.2) is 29.3 Å². The highest BCUT2D eigenvalue weighted by Crippen LogP contribution is 2.18. The molecule has 1 aromatic carbocycles. The van der Waals surface area contributed by atoms with E-state index in [1.807, 2.05) is 24.3 Å². The summed E-state index contributed by atoms with van der Waals surface area (Å²) in [5, 5.41) is 9.58. The van der Waals surface area contributed by atoms with E-state index in [-0.39, 0.29) is 5.91 Å². The zero-order chi connectivity index (χ0) is 19.1. The Kier molecular flexibility index (Phi) is 7.45. The Morgan fingerprint density at radius 3 is 2.73 bits per heavy atom. The molecule has 2 unspecified atom stereocenters. The zero-order valence-electron chi connectivity index (χ0n) is 16.7. The summed E-state index contributed by atoms with van der Waals surface area (Å²) in [6.07, 6.45) is 0. The summed E-state index contributed by atoms with van der Waals surface area (Å²) in [6.45, 7) is 12.4. The van der Waals surface area contributed by atoms with Gasteiger partial charge < -0.3 is 16.0 Å². The molecule has 2 rings (SSSR count). The Labute approximate surface area is 157 Å². The van der Waals surface area contributed by atoms with Crippen LogP contribution in [0.2, 0.25) is 0 Å². The Bertz CT molecular complexity index is 628. The minimum Gasteiger partial charge on any atom is -0.357 e. The van der Waals surface area contributed by atoms with Gasteiger partial charge in [0.15, 0.2) is 5.96 Å². The van der Waals surface area contributed by atoms with Crippen LogP contribution in [0, 0.1) is 5.92 Å². The molecule has 1 saturated heterocycles. The first-order valence-corrected chi connectivity index (χ1v) is 9.54. The summed E-state index contributed by atoms with van der Waals surface area (Å²) < 4.78 is 0. The van der Waals surface area contributed by atoms with E-state index in [0.717, 1.165) is 31.2 Å². The minimum absolute atomic E-state index is 0.0746. The van der Waals surface area contributed by atoms with Gasteiger partial charge in [0.05, 0.1) is 6.54 Å². The van der Waals surface area contributed by atoms with E-state index in [1.165, 1.54) is 0 Å². The average molecular weight is 360 g/mol. The van der Waals surface area contributed by atoms with E-state index in [1.54, 1.807) is 7.05 Å². The van der Waals surface area contributed by atoms with Crippen molar-refractivity contribution >= 4 is 11.9 Å². The molecule has 1 amide bonds. The van der Waals surface area contributed by atoms with Crippen molar-refractivity contribution in [3.8, 4) is 0 Å². The van der Waals surface area contributed by atoms with Crippen molar-refractivity contribution in [1.82, 2.24) is 20.9 Å². The first-order chi connectivity index (χ1) is 12.4. The number of nitrogens with zero attached hydrogens (tertiary/aromatic N) is 2. The number of hydrogen-bond acceptors (Lipinski definition) is 3. The maximum absolute atomic E-state index is 11.8. The largest absolute Gasteiger partial charge is 0.357 e. The highest BCUT2D eigenvalue weighted by atomic mass is 16.1. The van der Waals surface area contributed by atoms with Crippen molar-refractivity contribution in [2.24, 2.45) is 10.9 Å². The van der Waals surface area contributed by atoms with E-state index in [2.05, 4.69) is 48.5 Å². The second-order valence-electron chi connectivity index (χ2n) is 7.25. The van der Waals surface area contributed by atoms with Gasteiger partial charge in [-0.3, -0.25) is 9.69 Å². The quantitative estimate of drug-likeness (QED) is 0.535. The van der Waals surface area contributed by atoms with Crippen molar-refractivity contribution in [3.63, 3.8) is 0 Å². The van der Waals surface area contributed by atoms with E-state index in [4.69, 9.17) is 4.99 Å². The van der Waals surface area contributed by atoms with Gasteiger partial charge in [-0.15, -0.1) is 0 Å². The van der Waals surface area contributed by atoms with Crippen LogP contribution in [-0.4, -0.2) is 55.5 Å². The number of amides is 1. The topological polar surface area (TPSA) is 68.8 Å². The molecular formula is C20H33N5O. The fourth-order valence-corrected chi connectivity index (χ4v) is 3.24. The van der Waals surface area contributed by atoms with Gasteiger partial charge in [0.1, 0.15) is 0 Å². The number of nitrogens with one attached hydrogen (secondary N) is 3. The van der Waals surface area contributed by atoms with Gasteiger partial charge in [0.25, 0.3) is 5.91 Å². The highest BCUT2D eigenvalue weighted by molar-refractivity contribution is 5.94. The van der Waals surface area contributed by atoms with Crippen LogP contribution in [0.5, 0.6) is 0 Å². The van der Waals surface area contributed by atoms with Crippen LogP contribution in [0.3, 0.4) is 0 Å². The summed E-state index contributed by atoms with van der Waals surface area (Å²) in [6, 6.07) is 8.57. The molecule has 6 heteroatoms. The Morgan fingerprint density at radius 1 is 1.35 bits per heavy atom. The molecule has 1 aromatic rings. The first kappa shape index (κ1) is 20.2. The summed E-state index contributed by atoms with van der Waals surface area (Å²) in [4.78, 5) is 19.0. The third kappa shape index (κ3) is 5.46. The lowest BCUT2D eigenvalue weighted by atomic mass is 10.1. The zero-order valence-corrected chi connectivity index (χ0v) is 16.7. The number of carbonyl (C=O) groups excluding carboxylic acids is 1. The van der Waals surface area contributed by atoms with E-state index < -0.39 is 0 Å². The third-order valence-electron chi connectivity index (χ3n) is 4.87. The van der Waals surface area contributed by atoms with Crippen molar-refractivity contribution < 1.29 is 4.79 Å². The lowest BCUT2D eigenvalue weighted by Crippen LogP contribution is -2.46. The molecule has 6 nitrogen and oxygen atoms in total. The average Bonchev–Trinajstić information content (AvgIpc) is 3.00. The fraction of sp³-hybridized carbons (Fsp3) is 0.600. The molecule has 0 radical (unpaired) electrons. The molecule has 1 fully saturated rings. The van der Waals surface area contributed by atoms with Gasteiger partial charge >= 0.3 is 0 Å². The number of likely N-dealkylation sites (tertiary alicyclic amines) is 1. The van der Waals surface area contributed by atoms with Crippen LogP contribution < -0.4 is 16.0 Å². The summed E-state index contributed by atoms with van der Waals surface area (Å²) in [7, 11) is 1.64. The number of aliphatic imine (C=N–C) groups is 1.